The zero-order valence-electron chi connectivity index (χ0n) is 13.3. The smallest absolute Gasteiger partial charge is 0.255 e. The molecule has 0 unspecified atom stereocenters. The number of fused-ring (bicyclic) bond motifs is 1. The Morgan fingerprint density at radius 3 is 2.91 bits per heavy atom. The number of aromatic nitrogens is 2. The van der Waals surface area contributed by atoms with E-state index in [1.54, 1.807) is 17.8 Å². The molecule has 22 heavy (non-hydrogen) atoms. The highest BCUT2D eigenvalue weighted by Crippen LogP contribution is 2.37. The van der Waals surface area contributed by atoms with E-state index in [2.05, 4.69) is 10.4 Å². The molecule has 0 spiro atoms. The molecule has 2 aromatic rings. The molecule has 0 aliphatic heterocycles. The van der Waals surface area contributed by atoms with Crippen LogP contribution in [0.1, 0.15) is 41.6 Å². The van der Waals surface area contributed by atoms with Crippen LogP contribution in [0.25, 0.3) is 5.52 Å². The first-order valence-electron chi connectivity index (χ1n) is 7.85. The van der Waals surface area contributed by atoms with Crippen molar-refractivity contribution in [3.05, 3.63) is 35.7 Å². The number of aryl methyl sites for hydroxylation is 1. The third-order valence-corrected chi connectivity index (χ3v) is 4.65. The zero-order chi connectivity index (χ0) is 15.6. The molecule has 5 nitrogen and oxygen atoms in total. The molecular weight excluding hydrogens is 278 g/mol. The fraction of sp³-hybridized carbons (Fsp3) is 0.529. The molecule has 2 heterocycles. The van der Waals surface area contributed by atoms with Gasteiger partial charge in [0.05, 0.1) is 23.9 Å². The van der Waals surface area contributed by atoms with Crippen LogP contribution < -0.4 is 5.32 Å². The average molecular weight is 301 g/mol. The molecule has 0 atom stereocenters. The maximum absolute atomic E-state index is 12.5. The third kappa shape index (κ3) is 2.86. The van der Waals surface area contributed by atoms with E-state index in [-0.39, 0.29) is 11.3 Å². The molecule has 118 valence electrons. The van der Waals surface area contributed by atoms with Crippen molar-refractivity contribution in [2.24, 2.45) is 5.41 Å². The molecule has 1 N–H and O–H groups in total. The van der Waals surface area contributed by atoms with Gasteiger partial charge in [0.15, 0.2) is 0 Å². The lowest BCUT2D eigenvalue weighted by Gasteiger charge is -2.28. The summed E-state index contributed by atoms with van der Waals surface area (Å²) in [5, 5.41) is 7.35. The first-order chi connectivity index (χ1) is 10.6. The zero-order valence-corrected chi connectivity index (χ0v) is 13.3. The second-order valence-electron chi connectivity index (χ2n) is 6.42. The fourth-order valence-electron chi connectivity index (χ4n) is 3.43. The van der Waals surface area contributed by atoms with Crippen molar-refractivity contribution in [3.8, 4) is 0 Å². The van der Waals surface area contributed by atoms with Gasteiger partial charge in [0.2, 0.25) is 0 Å². The number of rotatable bonds is 5. The monoisotopic (exact) mass is 301 g/mol. The van der Waals surface area contributed by atoms with Crippen LogP contribution in [0.15, 0.2) is 24.5 Å². The Balaban J connectivity index is 1.73. The van der Waals surface area contributed by atoms with Crippen molar-refractivity contribution in [1.29, 1.82) is 0 Å². The molecule has 5 heteroatoms. The number of methoxy groups -OCH3 is 1. The standard InChI is InChI=1S/C17H23N3O2/c1-13-5-6-15-14(9-19-20(15)10-13)16(21)18-11-17(12-22-2)7-3-4-8-17/h5-6,9-10H,3-4,7-8,11-12H2,1-2H3,(H,18,21). The highest BCUT2D eigenvalue weighted by molar-refractivity contribution is 6.00. The van der Waals surface area contributed by atoms with Gasteiger partial charge in [-0.15, -0.1) is 0 Å². The minimum absolute atomic E-state index is 0.0544. The molecule has 1 aliphatic carbocycles. The Kier molecular flexibility index (Phi) is 4.16. The molecule has 0 bridgehead atoms. The van der Waals surface area contributed by atoms with Crippen LogP contribution in [-0.4, -0.2) is 35.8 Å². The third-order valence-electron chi connectivity index (χ3n) is 4.65. The van der Waals surface area contributed by atoms with Crippen molar-refractivity contribution in [2.45, 2.75) is 32.6 Å². The Bertz CT molecular complexity index is 672. The van der Waals surface area contributed by atoms with Gasteiger partial charge in [-0.2, -0.15) is 5.10 Å². The Hall–Kier alpha value is -1.88. The van der Waals surface area contributed by atoms with E-state index in [1.165, 1.54) is 12.8 Å². The minimum atomic E-state index is -0.0544. The average Bonchev–Trinajstić information content (AvgIpc) is 3.12. The van der Waals surface area contributed by atoms with Gasteiger partial charge in [0, 0.05) is 25.3 Å². The van der Waals surface area contributed by atoms with Crippen LogP contribution in [-0.2, 0) is 4.74 Å². The van der Waals surface area contributed by atoms with Crippen LogP contribution in [0.2, 0.25) is 0 Å². The van der Waals surface area contributed by atoms with Gasteiger partial charge >= 0.3 is 0 Å². The summed E-state index contributed by atoms with van der Waals surface area (Å²) >= 11 is 0. The molecule has 0 saturated heterocycles. The summed E-state index contributed by atoms with van der Waals surface area (Å²) in [4.78, 5) is 12.5. The SMILES string of the molecule is COCC1(CNC(=O)c2cnn3cc(C)ccc23)CCCC1. The van der Waals surface area contributed by atoms with E-state index in [1.807, 2.05) is 25.3 Å². The van der Waals surface area contributed by atoms with Crippen LogP contribution in [0.3, 0.4) is 0 Å². The lowest BCUT2D eigenvalue weighted by molar-refractivity contribution is 0.0741. The predicted molar refractivity (Wildman–Crippen MR) is 85.0 cm³/mol. The van der Waals surface area contributed by atoms with E-state index >= 15 is 0 Å². The molecular formula is C17H23N3O2. The Morgan fingerprint density at radius 2 is 2.18 bits per heavy atom. The number of nitrogens with zero attached hydrogens (tertiary/aromatic N) is 2. The highest BCUT2D eigenvalue weighted by atomic mass is 16.5. The second-order valence-corrected chi connectivity index (χ2v) is 6.42. The van der Waals surface area contributed by atoms with Crippen LogP contribution in [0.4, 0.5) is 0 Å². The van der Waals surface area contributed by atoms with Crippen molar-refractivity contribution < 1.29 is 9.53 Å². The van der Waals surface area contributed by atoms with Gasteiger partial charge < -0.3 is 10.1 Å². The summed E-state index contributed by atoms with van der Waals surface area (Å²) in [6, 6.07) is 3.94. The van der Waals surface area contributed by atoms with Gasteiger partial charge in [-0.3, -0.25) is 4.79 Å². The molecule has 1 fully saturated rings. The number of carbonyl (C=O) groups excluding carboxylic acids is 1. The number of ether oxygens (including phenoxy) is 1. The first-order valence-corrected chi connectivity index (χ1v) is 7.85. The summed E-state index contributed by atoms with van der Waals surface area (Å²) in [6.07, 6.45) is 8.24. The molecule has 1 aliphatic rings. The van der Waals surface area contributed by atoms with Crippen LogP contribution in [0, 0.1) is 12.3 Å². The normalized spacial score (nSPS) is 17.0. The lowest BCUT2D eigenvalue weighted by atomic mass is 9.87. The molecule has 1 amide bonds. The van der Waals surface area contributed by atoms with Crippen LogP contribution in [0.5, 0.6) is 0 Å². The van der Waals surface area contributed by atoms with Gasteiger partial charge in [-0.05, 0) is 31.4 Å². The van der Waals surface area contributed by atoms with Crippen molar-refractivity contribution in [3.63, 3.8) is 0 Å². The maximum Gasteiger partial charge on any atom is 0.255 e. The minimum Gasteiger partial charge on any atom is -0.384 e. The molecule has 3 rings (SSSR count). The second kappa shape index (κ2) is 6.08. The molecule has 2 aromatic heterocycles. The summed E-state index contributed by atoms with van der Waals surface area (Å²) < 4.78 is 7.12. The largest absolute Gasteiger partial charge is 0.384 e. The highest BCUT2D eigenvalue weighted by Gasteiger charge is 2.34. The lowest BCUT2D eigenvalue weighted by Crippen LogP contribution is -2.38. The topological polar surface area (TPSA) is 55.6 Å². The Morgan fingerprint density at radius 1 is 1.41 bits per heavy atom. The number of amides is 1. The van der Waals surface area contributed by atoms with E-state index in [0.717, 1.165) is 23.9 Å². The number of carbonyl (C=O) groups is 1. The molecule has 1 saturated carbocycles. The summed E-state index contributed by atoms with van der Waals surface area (Å²) in [5.74, 6) is -0.0544. The van der Waals surface area contributed by atoms with Crippen molar-refractivity contribution in [2.75, 3.05) is 20.3 Å². The van der Waals surface area contributed by atoms with Crippen LogP contribution >= 0.6 is 0 Å². The van der Waals surface area contributed by atoms with E-state index in [4.69, 9.17) is 4.74 Å². The van der Waals surface area contributed by atoms with E-state index < -0.39 is 0 Å². The predicted octanol–water partition coefficient (Wildman–Crippen LogP) is 2.58. The Labute approximate surface area is 130 Å². The number of pyridine rings is 1. The van der Waals surface area contributed by atoms with Gasteiger partial charge in [0.25, 0.3) is 5.91 Å². The fourth-order valence-corrected chi connectivity index (χ4v) is 3.43. The van der Waals surface area contributed by atoms with Crippen molar-refractivity contribution >= 4 is 11.4 Å². The van der Waals surface area contributed by atoms with Gasteiger partial charge in [-0.25, -0.2) is 4.52 Å². The summed E-state index contributed by atoms with van der Waals surface area (Å²) in [7, 11) is 1.73. The first kappa shape index (κ1) is 15.0. The number of hydrogen-bond acceptors (Lipinski definition) is 3. The summed E-state index contributed by atoms with van der Waals surface area (Å²) in [5.41, 5.74) is 2.69. The maximum atomic E-state index is 12.5. The number of hydrogen-bond donors (Lipinski definition) is 1. The van der Waals surface area contributed by atoms with E-state index in [0.29, 0.717) is 18.7 Å². The summed E-state index contributed by atoms with van der Waals surface area (Å²) in [6.45, 7) is 3.39. The van der Waals surface area contributed by atoms with Gasteiger partial charge in [-0.1, -0.05) is 18.9 Å². The quantitative estimate of drug-likeness (QED) is 0.923. The van der Waals surface area contributed by atoms with Crippen molar-refractivity contribution in [1.82, 2.24) is 14.9 Å². The molecule has 0 aromatic carbocycles. The molecule has 0 radical (unpaired) electrons. The van der Waals surface area contributed by atoms with Gasteiger partial charge in [0.1, 0.15) is 0 Å². The van der Waals surface area contributed by atoms with E-state index in [9.17, 15) is 4.79 Å². The number of nitrogens with one attached hydrogen (secondary N) is 1.